The van der Waals surface area contributed by atoms with Gasteiger partial charge in [0.05, 0.1) is 12.7 Å². The number of rotatable bonds is 6. The van der Waals surface area contributed by atoms with E-state index in [1.807, 2.05) is 79.0 Å². The van der Waals surface area contributed by atoms with Gasteiger partial charge in [0.25, 0.3) is 0 Å². The van der Waals surface area contributed by atoms with Gasteiger partial charge in [0.15, 0.2) is 11.5 Å². The Kier molecular flexibility index (Phi) is 4.65. The van der Waals surface area contributed by atoms with E-state index in [0.29, 0.717) is 29.9 Å². The molecule has 3 aromatic carbocycles. The van der Waals surface area contributed by atoms with E-state index in [1.165, 1.54) is 0 Å². The number of ether oxygens (including phenoxy) is 2. The molecule has 0 aliphatic heterocycles. The second kappa shape index (κ2) is 7.75. The minimum absolute atomic E-state index is 0.420. The molecular formula is C24H19N3O3. The fourth-order valence-corrected chi connectivity index (χ4v) is 3.35. The summed E-state index contributed by atoms with van der Waals surface area (Å²) in [6.45, 7) is 0.460. The van der Waals surface area contributed by atoms with E-state index in [1.54, 1.807) is 7.11 Å². The smallest absolute Gasteiger partial charge is 0.250 e. The maximum atomic E-state index is 5.95. The summed E-state index contributed by atoms with van der Waals surface area (Å²) < 4.78 is 17.4. The van der Waals surface area contributed by atoms with Gasteiger partial charge in [-0.25, -0.2) is 0 Å². The van der Waals surface area contributed by atoms with Crippen molar-refractivity contribution in [1.29, 1.82) is 0 Å². The van der Waals surface area contributed by atoms with Crippen LogP contribution in [-0.4, -0.2) is 22.3 Å². The molecule has 5 rings (SSSR count). The van der Waals surface area contributed by atoms with E-state index in [9.17, 15) is 0 Å². The van der Waals surface area contributed by atoms with Gasteiger partial charge >= 0.3 is 0 Å². The van der Waals surface area contributed by atoms with Gasteiger partial charge in [-0.3, -0.25) is 0 Å². The topological polar surface area (TPSA) is 73.2 Å². The first-order valence-electron chi connectivity index (χ1n) is 9.57. The molecule has 0 aliphatic carbocycles. The number of benzene rings is 3. The lowest BCUT2D eigenvalue weighted by Crippen LogP contribution is -1.97. The number of nitrogens with one attached hydrogen (secondary N) is 1. The molecule has 30 heavy (non-hydrogen) atoms. The van der Waals surface area contributed by atoms with Gasteiger partial charge in [0, 0.05) is 22.7 Å². The number of nitrogens with zero attached hydrogens (tertiary/aromatic N) is 2. The number of hydrogen-bond donors (Lipinski definition) is 1. The molecule has 0 fully saturated rings. The van der Waals surface area contributed by atoms with Crippen LogP contribution < -0.4 is 9.47 Å². The van der Waals surface area contributed by atoms with E-state index in [2.05, 4.69) is 15.2 Å². The Morgan fingerprint density at radius 2 is 1.67 bits per heavy atom. The molecule has 6 heteroatoms. The van der Waals surface area contributed by atoms with Crippen molar-refractivity contribution in [3.05, 3.63) is 84.6 Å². The van der Waals surface area contributed by atoms with E-state index in [-0.39, 0.29) is 0 Å². The third-order valence-corrected chi connectivity index (χ3v) is 4.89. The second-order valence-corrected chi connectivity index (χ2v) is 6.80. The normalized spacial score (nSPS) is 11.0. The summed E-state index contributed by atoms with van der Waals surface area (Å²) in [5.74, 6) is 2.14. The lowest BCUT2D eigenvalue weighted by atomic mass is 10.2. The predicted molar refractivity (Wildman–Crippen MR) is 114 cm³/mol. The minimum atomic E-state index is 0.420. The molecule has 5 aromatic rings. The average molecular weight is 397 g/mol. The monoisotopic (exact) mass is 397 g/mol. The zero-order valence-corrected chi connectivity index (χ0v) is 16.3. The van der Waals surface area contributed by atoms with Crippen molar-refractivity contribution < 1.29 is 13.9 Å². The van der Waals surface area contributed by atoms with Gasteiger partial charge < -0.3 is 18.9 Å². The summed E-state index contributed by atoms with van der Waals surface area (Å²) in [4.78, 5) is 3.22. The number of hydrogen-bond acceptors (Lipinski definition) is 5. The zero-order chi connectivity index (χ0) is 20.3. The van der Waals surface area contributed by atoms with E-state index in [0.717, 1.165) is 27.6 Å². The number of para-hydroxylation sites is 1. The van der Waals surface area contributed by atoms with Crippen LogP contribution in [0.15, 0.2) is 83.4 Å². The molecule has 0 amide bonds. The molecule has 2 heterocycles. The van der Waals surface area contributed by atoms with Crippen molar-refractivity contribution in [3.63, 3.8) is 0 Å². The Labute approximate surface area is 173 Å². The lowest BCUT2D eigenvalue weighted by Gasteiger charge is -2.11. The molecule has 0 saturated carbocycles. The van der Waals surface area contributed by atoms with Crippen molar-refractivity contribution in [2.45, 2.75) is 6.61 Å². The van der Waals surface area contributed by atoms with Crippen LogP contribution in [0, 0.1) is 0 Å². The summed E-state index contributed by atoms with van der Waals surface area (Å²) in [7, 11) is 1.61. The first kappa shape index (κ1) is 18.0. The highest BCUT2D eigenvalue weighted by molar-refractivity contribution is 5.93. The Morgan fingerprint density at radius 1 is 0.867 bits per heavy atom. The molecule has 0 radical (unpaired) electrons. The van der Waals surface area contributed by atoms with Crippen LogP contribution in [0.25, 0.3) is 33.8 Å². The first-order chi connectivity index (χ1) is 14.8. The zero-order valence-electron chi connectivity index (χ0n) is 16.3. The Hall–Kier alpha value is -4.06. The highest BCUT2D eigenvalue weighted by Crippen LogP contribution is 2.34. The molecule has 1 N–H and O–H groups in total. The molecule has 0 unspecified atom stereocenters. The fraction of sp³-hybridized carbons (Fsp3) is 0.0833. The highest BCUT2D eigenvalue weighted by atomic mass is 16.5. The number of fused-ring (bicyclic) bond motifs is 1. The maximum absolute atomic E-state index is 5.95. The summed E-state index contributed by atoms with van der Waals surface area (Å²) in [5.41, 5.74) is 3.74. The molecule has 0 atom stereocenters. The molecule has 2 aromatic heterocycles. The predicted octanol–water partition coefficient (Wildman–Crippen LogP) is 5.47. The van der Waals surface area contributed by atoms with Crippen molar-refractivity contribution in [2.24, 2.45) is 0 Å². The van der Waals surface area contributed by atoms with Gasteiger partial charge in [-0.05, 0) is 29.8 Å². The van der Waals surface area contributed by atoms with Gasteiger partial charge in [-0.2, -0.15) is 0 Å². The third kappa shape index (κ3) is 3.39. The second-order valence-electron chi connectivity index (χ2n) is 6.80. The minimum Gasteiger partial charge on any atom is -0.493 e. The van der Waals surface area contributed by atoms with Gasteiger partial charge in [0.1, 0.15) is 6.61 Å². The van der Waals surface area contributed by atoms with Gasteiger partial charge in [0.2, 0.25) is 11.8 Å². The summed E-state index contributed by atoms with van der Waals surface area (Å²) >= 11 is 0. The van der Waals surface area contributed by atoms with Crippen LogP contribution in [0.4, 0.5) is 0 Å². The van der Waals surface area contributed by atoms with Crippen molar-refractivity contribution in [3.8, 4) is 34.4 Å². The molecule has 148 valence electrons. The number of aromatic amines is 1. The van der Waals surface area contributed by atoms with Crippen LogP contribution in [0.5, 0.6) is 11.5 Å². The van der Waals surface area contributed by atoms with E-state index >= 15 is 0 Å². The van der Waals surface area contributed by atoms with Gasteiger partial charge in [-0.15, -0.1) is 10.2 Å². The molecule has 0 saturated heterocycles. The van der Waals surface area contributed by atoms with Crippen LogP contribution in [0.1, 0.15) is 5.56 Å². The van der Waals surface area contributed by atoms with E-state index < -0.39 is 0 Å². The Balaban J connectivity index is 1.41. The van der Waals surface area contributed by atoms with Crippen molar-refractivity contribution >= 4 is 10.9 Å². The average Bonchev–Trinajstić information content (AvgIpc) is 3.45. The number of methoxy groups -OCH3 is 1. The summed E-state index contributed by atoms with van der Waals surface area (Å²) in [5, 5.41) is 9.49. The maximum Gasteiger partial charge on any atom is 0.250 e. The van der Waals surface area contributed by atoms with Crippen LogP contribution in [0.3, 0.4) is 0 Å². The Morgan fingerprint density at radius 3 is 2.53 bits per heavy atom. The van der Waals surface area contributed by atoms with Crippen LogP contribution in [-0.2, 0) is 6.61 Å². The summed E-state index contributed by atoms with van der Waals surface area (Å²) in [6.07, 6.45) is 1.88. The molecule has 0 aliphatic rings. The largest absolute Gasteiger partial charge is 0.493 e. The van der Waals surface area contributed by atoms with Crippen molar-refractivity contribution in [2.75, 3.05) is 7.11 Å². The van der Waals surface area contributed by atoms with Gasteiger partial charge in [-0.1, -0.05) is 48.5 Å². The lowest BCUT2D eigenvalue weighted by molar-refractivity contribution is 0.284. The van der Waals surface area contributed by atoms with Crippen LogP contribution >= 0.6 is 0 Å². The third-order valence-electron chi connectivity index (χ3n) is 4.89. The molecule has 0 spiro atoms. The first-order valence-corrected chi connectivity index (χ1v) is 9.57. The van der Waals surface area contributed by atoms with Crippen LogP contribution in [0.2, 0.25) is 0 Å². The standard InChI is InChI=1S/C24H19N3O3/c1-28-22-13-17(11-12-21(22)29-15-16-7-3-2-4-8-16)23-26-27-24(30-23)19-14-25-20-10-6-5-9-18(19)20/h2-14,25H,15H2,1H3. The SMILES string of the molecule is COc1cc(-c2nnc(-c3c[nH]c4ccccc34)o2)ccc1OCc1ccccc1. The Bertz CT molecular complexity index is 1290. The highest BCUT2D eigenvalue weighted by Gasteiger charge is 2.16. The van der Waals surface area contributed by atoms with E-state index in [4.69, 9.17) is 13.9 Å². The summed E-state index contributed by atoms with van der Waals surface area (Å²) in [6, 6.07) is 23.6. The molecule has 0 bridgehead atoms. The number of H-pyrrole nitrogens is 1. The number of aromatic nitrogens is 3. The molecular weight excluding hydrogens is 378 g/mol. The molecule has 6 nitrogen and oxygen atoms in total. The quantitative estimate of drug-likeness (QED) is 0.411. The fourth-order valence-electron chi connectivity index (χ4n) is 3.35. The van der Waals surface area contributed by atoms with Crippen molar-refractivity contribution in [1.82, 2.24) is 15.2 Å².